The van der Waals surface area contributed by atoms with Crippen molar-refractivity contribution in [2.75, 3.05) is 6.61 Å². The van der Waals surface area contributed by atoms with Crippen LogP contribution in [0.1, 0.15) is 107 Å². The molecule has 0 saturated carbocycles. The number of ether oxygens (including phenoxy) is 1. The van der Waals surface area contributed by atoms with E-state index in [4.69, 9.17) is 24.7 Å². The Labute approximate surface area is 281 Å². The number of hydrogen-bond acceptors (Lipinski definition) is 4. The quantitative estimate of drug-likeness (QED) is 0.161. The molecule has 0 amide bonds. The maximum absolute atomic E-state index is 13.8. The molecule has 2 aliphatic heterocycles. The first-order valence-corrected chi connectivity index (χ1v) is 15.6. The van der Waals surface area contributed by atoms with Gasteiger partial charge in [0.1, 0.15) is 0 Å². The van der Waals surface area contributed by atoms with Gasteiger partial charge in [-0.2, -0.15) is 0 Å². The Morgan fingerprint density at radius 2 is 1.20 bits per heavy atom. The summed E-state index contributed by atoms with van der Waals surface area (Å²) in [5.41, 5.74) is 18.6. The number of carbonyl (C=O) groups is 1. The van der Waals surface area contributed by atoms with Gasteiger partial charge in [0, 0.05) is 0 Å². The van der Waals surface area contributed by atoms with Crippen LogP contribution >= 0.6 is 0 Å². The summed E-state index contributed by atoms with van der Waals surface area (Å²) in [6, 6.07) is 12.7. The molecule has 6 nitrogen and oxygen atoms in total. The Hall–Kier alpha value is -4.19. The van der Waals surface area contributed by atoms with Crippen molar-refractivity contribution in [2.24, 2.45) is 0 Å². The number of nitrogens with zero attached hydrogens (tertiary/aromatic N) is 4. The van der Waals surface area contributed by atoms with Crippen LogP contribution in [0.4, 0.5) is 0 Å². The van der Waals surface area contributed by atoms with E-state index in [1.54, 1.807) is 0 Å². The average molecular weight is 660 g/mol. The van der Waals surface area contributed by atoms with Gasteiger partial charge in [-0.1, -0.05) is 64.2 Å². The van der Waals surface area contributed by atoms with Gasteiger partial charge < -0.3 is 14.7 Å². The van der Waals surface area contributed by atoms with E-state index < -0.39 is 5.97 Å². The maximum atomic E-state index is 13.8. The van der Waals surface area contributed by atoms with Gasteiger partial charge in [-0.3, -0.25) is 0 Å². The van der Waals surface area contributed by atoms with Crippen LogP contribution in [0.5, 0.6) is 0 Å². The van der Waals surface area contributed by atoms with E-state index in [-0.39, 0.29) is 23.7 Å². The van der Waals surface area contributed by atoms with Crippen LogP contribution in [0, 0.1) is 34.6 Å². The molecule has 0 saturated heterocycles. The van der Waals surface area contributed by atoms with Crippen LogP contribution in [-0.4, -0.2) is 22.5 Å². The summed E-state index contributed by atoms with van der Waals surface area (Å²) in [4.78, 5) is 34.5. The summed E-state index contributed by atoms with van der Waals surface area (Å²) >= 11 is 0. The summed E-state index contributed by atoms with van der Waals surface area (Å²) < 4.78 is 5.66. The standard InChI is InChI=1S/C39H41N4O2.Cu/c1-11-45-39(44)34-37-25(8)23(6)33(42-37)18-31-21(4)20(3)30(40-31)17-32-22(5)24(7)35(41-32)29(16-28-14-12-19(2)13-15-28)36-26(9)27(10)38(34)43-36;/h12-15,17-18H,11,16H2,1-10H3,(H-,40,41,42,43,44);/q-1;+2/p-1. The van der Waals surface area contributed by atoms with Crippen molar-refractivity contribution < 1.29 is 26.6 Å². The molecule has 0 spiro atoms. The normalized spacial score (nSPS) is 12.9. The third-order valence-corrected chi connectivity index (χ3v) is 9.71. The number of benzene rings is 1. The minimum Gasteiger partial charge on any atom is -0.657 e. The molecular formula is C39H40CuN4O2. The van der Waals surface area contributed by atoms with E-state index in [1.807, 2.05) is 33.8 Å². The molecule has 2 aliphatic rings. The molecule has 0 fully saturated rings. The Morgan fingerprint density at radius 1 is 0.674 bits per heavy atom. The van der Waals surface area contributed by atoms with Crippen molar-refractivity contribution in [1.82, 2.24) is 19.9 Å². The van der Waals surface area contributed by atoms with E-state index in [9.17, 15) is 4.79 Å². The number of aryl methyl sites for hydroxylation is 5. The van der Waals surface area contributed by atoms with E-state index in [1.165, 1.54) is 11.1 Å². The third kappa shape index (κ3) is 5.46. The minimum atomic E-state index is -0.422. The van der Waals surface area contributed by atoms with Crippen molar-refractivity contribution in [3.8, 4) is 0 Å². The monoisotopic (exact) mass is 659 g/mol. The van der Waals surface area contributed by atoms with Gasteiger partial charge in [0.2, 0.25) is 0 Å². The van der Waals surface area contributed by atoms with Crippen molar-refractivity contribution in [2.45, 2.75) is 75.7 Å². The molecular weight excluding hydrogens is 620 g/mol. The van der Waals surface area contributed by atoms with E-state index in [2.05, 4.69) is 71.9 Å². The molecule has 0 unspecified atom stereocenters. The summed E-state index contributed by atoms with van der Waals surface area (Å²) in [7, 11) is 0. The Kier molecular flexibility index (Phi) is 9.05. The summed E-state index contributed by atoms with van der Waals surface area (Å²) in [6.07, 6.45) is 0.644. The largest absolute Gasteiger partial charge is 2.00 e. The van der Waals surface area contributed by atoms with Crippen LogP contribution < -0.4 is 9.97 Å². The second-order valence-electron chi connectivity index (χ2n) is 12.4. The molecule has 0 aliphatic carbocycles. The smallest absolute Gasteiger partial charge is 0.657 e. The van der Waals surface area contributed by atoms with Gasteiger partial charge in [-0.25, -0.2) is 14.8 Å². The number of fused-ring (bicyclic) bond motifs is 8. The first-order valence-electron chi connectivity index (χ1n) is 15.6. The van der Waals surface area contributed by atoms with Gasteiger partial charge in [0.05, 0.1) is 34.9 Å². The third-order valence-electron chi connectivity index (χ3n) is 9.71. The second kappa shape index (κ2) is 12.5. The first kappa shape index (κ1) is 33.2. The second-order valence-corrected chi connectivity index (χ2v) is 12.4. The van der Waals surface area contributed by atoms with Crippen molar-refractivity contribution in [3.63, 3.8) is 0 Å². The number of carbonyl (C=O) groups excluding carboxylic acids is 1. The Balaban J connectivity index is 0.00000417. The molecule has 1 radical (unpaired) electrons. The van der Waals surface area contributed by atoms with E-state index >= 15 is 0 Å². The zero-order valence-corrected chi connectivity index (χ0v) is 29.2. The molecule has 239 valence electrons. The van der Waals surface area contributed by atoms with Crippen molar-refractivity contribution in [1.29, 1.82) is 0 Å². The van der Waals surface area contributed by atoms with Crippen molar-refractivity contribution >= 4 is 50.3 Å². The van der Waals surface area contributed by atoms with Crippen LogP contribution in [-0.2, 0) is 28.2 Å². The fourth-order valence-electron chi connectivity index (χ4n) is 6.23. The Bertz CT molecular complexity index is 2140. The predicted octanol–water partition coefficient (Wildman–Crippen LogP) is 8.78. The minimum absolute atomic E-state index is 0. The van der Waals surface area contributed by atoms with Gasteiger partial charge in [-0.05, 0) is 109 Å². The van der Waals surface area contributed by atoms with Crippen LogP contribution in [0.15, 0.2) is 36.4 Å². The molecule has 8 bridgehead atoms. The summed E-state index contributed by atoms with van der Waals surface area (Å²) in [5.74, 6) is -0.422. The number of aromatic nitrogens is 4. The molecule has 7 heteroatoms. The zero-order valence-electron chi connectivity index (χ0n) is 28.3. The molecule has 3 aromatic heterocycles. The fourth-order valence-corrected chi connectivity index (χ4v) is 6.23. The first-order chi connectivity index (χ1) is 21.4. The molecule has 46 heavy (non-hydrogen) atoms. The summed E-state index contributed by atoms with van der Waals surface area (Å²) in [5, 5.41) is 0. The van der Waals surface area contributed by atoms with Gasteiger partial charge >= 0.3 is 23.0 Å². The van der Waals surface area contributed by atoms with Crippen LogP contribution in [0.3, 0.4) is 0 Å². The van der Waals surface area contributed by atoms with E-state index in [0.717, 1.165) is 83.7 Å². The summed E-state index contributed by atoms with van der Waals surface area (Å²) in [6.45, 7) is 20.8. The number of rotatable bonds is 4. The maximum Gasteiger partial charge on any atom is 2.00 e. The SMILES string of the molecule is CCOC(=O)c1c2nc(cc3[n-]c(cc4nc(c(Cc5ccc(C)cc5)c5[n-]c1c(C)c5C)C(C)=C4C)c(C)c3C)C(C)=C2C.[Cu+2]. The topological polar surface area (TPSA) is 80.3 Å². The molecule has 1 aromatic carbocycles. The predicted molar refractivity (Wildman–Crippen MR) is 184 cm³/mol. The molecule has 4 aromatic rings. The number of hydrogen-bond donors (Lipinski definition) is 0. The molecule has 0 N–H and O–H groups in total. The number of esters is 1. The average Bonchev–Trinajstić information content (AvgIpc) is 3.65. The van der Waals surface area contributed by atoms with Gasteiger partial charge in [0.25, 0.3) is 0 Å². The van der Waals surface area contributed by atoms with Crippen molar-refractivity contribution in [3.05, 3.63) is 104 Å². The number of allylic oxidation sites excluding steroid dienone is 4. The van der Waals surface area contributed by atoms with E-state index in [0.29, 0.717) is 23.2 Å². The fraction of sp³-hybridized carbons (Fsp3) is 0.308. The zero-order chi connectivity index (χ0) is 32.3. The van der Waals surface area contributed by atoms with Gasteiger partial charge in [0.15, 0.2) is 0 Å². The molecule has 0 atom stereocenters. The molecule has 5 heterocycles. The van der Waals surface area contributed by atoms with Crippen LogP contribution in [0.2, 0.25) is 0 Å². The van der Waals surface area contributed by atoms with Gasteiger partial charge in [-0.15, -0.1) is 22.1 Å². The Morgan fingerprint density at radius 3 is 1.76 bits per heavy atom. The molecule has 6 rings (SSSR count). The van der Waals surface area contributed by atoms with Crippen LogP contribution in [0.25, 0.3) is 44.4 Å².